The molecular weight excluding hydrogens is 220 g/mol. The van der Waals surface area contributed by atoms with E-state index in [2.05, 4.69) is 21.2 Å². The van der Waals surface area contributed by atoms with Crippen molar-refractivity contribution in [2.45, 2.75) is 0 Å². The van der Waals surface area contributed by atoms with Gasteiger partial charge in [0.15, 0.2) is 0 Å². The van der Waals surface area contributed by atoms with Crippen LogP contribution in [0.2, 0.25) is 0 Å². The van der Waals surface area contributed by atoms with Crippen LogP contribution in [-0.2, 0) is 29.0 Å². The van der Waals surface area contributed by atoms with Crippen LogP contribution in [0.25, 0.3) is 0 Å². The predicted molar refractivity (Wildman–Crippen MR) is 48.9 cm³/mol. The van der Waals surface area contributed by atoms with Gasteiger partial charge in [0.2, 0.25) is 11.8 Å². The minimum absolute atomic E-state index is 0.660. The van der Waals surface area contributed by atoms with E-state index < -0.39 is 23.8 Å². The summed E-state index contributed by atoms with van der Waals surface area (Å²) in [6, 6.07) is 0. The van der Waals surface area contributed by atoms with E-state index in [4.69, 9.17) is 0 Å². The van der Waals surface area contributed by atoms with E-state index in [9.17, 15) is 19.2 Å². The van der Waals surface area contributed by atoms with E-state index in [0.29, 0.717) is 12.2 Å². The second-order valence-corrected chi connectivity index (χ2v) is 2.28. The molecule has 0 aromatic heterocycles. The van der Waals surface area contributed by atoms with Crippen molar-refractivity contribution in [2.24, 2.45) is 11.5 Å². The fourth-order valence-corrected chi connectivity index (χ4v) is 0.438. The van der Waals surface area contributed by atoms with Crippen LogP contribution in [-0.4, -0.2) is 23.8 Å². The maximum Gasteiger partial charge on any atom is 0.379 e. The Kier molecular flexibility index (Phi) is 5.65. The summed E-state index contributed by atoms with van der Waals surface area (Å²) in [6.07, 6.45) is 2.76. The molecule has 0 fully saturated rings. The number of amides is 2. The number of carbonyl (C=O) groups excluding carboxylic acids is 4. The molecule has 86 valence electrons. The van der Waals surface area contributed by atoms with Gasteiger partial charge in [0, 0.05) is 24.3 Å². The highest BCUT2D eigenvalue weighted by atomic mass is 17.2. The fourth-order valence-electron chi connectivity index (χ4n) is 0.438. The molecule has 0 saturated heterocycles. The lowest BCUT2D eigenvalue weighted by Crippen LogP contribution is -2.11. The summed E-state index contributed by atoms with van der Waals surface area (Å²) in [4.78, 5) is 49.5. The summed E-state index contributed by atoms with van der Waals surface area (Å²) >= 11 is 0. The monoisotopic (exact) mass is 228 g/mol. The number of rotatable bonds is 4. The van der Waals surface area contributed by atoms with Crippen LogP contribution in [0.15, 0.2) is 24.3 Å². The molecule has 0 bridgehead atoms. The Labute approximate surface area is 89.4 Å². The Balaban J connectivity index is 3.97. The largest absolute Gasteiger partial charge is 0.379 e. The topological polar surface area (TPSA) is 139 Å². The first-order valence-corrected chi connectivity index (χ1v) is 3.79. The average Bonchev–Trinajstić information content (AvgIpc) is 2.20. The molecule has 0 unspecified atom stereocenters. The second-order valence-electron chi connectivity index (χ2n) is 2.28. The molecule has 4 N–H and O–H groups in total. The highest BCUT2D eigenvalue weighted by Crippen LogP contribution is 1.87. The van der Waals surface area contributed by atoms with Crippen molar-refractivity contribution in [1.29, 1.82) is 0 Å². The van der Waals surface area contributed by atoms with Gasteiger partial charge in [-0.3, -0.25) is 9.59 Å². The molecule has 8 nitrogen and oxygen atoms in total. The van der Waals surface area contributed by atoms with Crippen LogP contribution in [0.4, 0.5) is 0 Å². The van der Waals surface area contributed by atoms with Gasteiger partial charge in [-0.25, -0.2) is 19.4 Å². The first-order chi connectivity index (χ1) is 7.41. The highest BCUT2D eigenvalue weighted by Gasteiger charge is 2.04. The molecule has 0 heterocycles. The lowest BCUT2D eigenvalue weighted by Gasteiger charge is -1.95. The van der Waals surface area contributed by atoms with Crippen molar-refractivity contribution in [3.8, 4) is 0 Å². The van der Waals surface area contributed by atoms with Crippen LogP contribution >= 0.6 is 0 Å². The van der Waals surface area contributed by atoms with Gasteiger partial charge in [-0.2, -0.15) is 0 Å². The minimum Gasteiger partial charge on any atom is -0.366 e. The Hall–Kier alpha value is -2.64. The van der Waals surface area contributed by atoms with Crippen molar-refractivity contribution in [2.75, 3.05) is 0 Å². The van der Waals surface area contributed by atoms with Gasteiger partial charge in [0.25, 0.3) is 0 Å². The van der Waals surface area contributed by atoms with Gasteiger partial charge in [-0.05, 0) is 0 Å². The zero-order chi connectivity index (χ0) is 12.6. The Bertz CT molecular complexity index is 335. The molecular formula is C8H8N2O6. The fraction of sp³-hybridized carbons (Fsp3) is 0. The summed E-state index contributed by atoms with van der Waals surface area (Å²) in [7, 11) is 0. The summed E-state index contributed by atoms with van der Waals surface area (Å²) in [5.74, 6) is -3.95. The van der Waals surface area contributed by atoms with Gasteiger partial charge in [0.05, 0.1) is 0 Å². The van der Waals surface area contributed by atoms with E-state index in [1.54, 1.807) is 0 Å². The highest BCUT2D eigenvalue weighted by molar-refractivity contribution is 5.95. The molecule has 0 aliphatic rings. The molecule has 0 aromatic rings. The average molecular weight is 228 g/mol. The van der Waals surface area contributed by atoms with Crippen LogP contribution < -0.4 is 11.5 Å². The molecule has 16 heavy (non-hydrogen) atoms. The van der Waals surface area contributed by atoms with E-state index in [1.807, 2.05) is 0 Å². The summed E-state index contributed by atoms with van der Waals surface area (Å²) in [5.41, 5.74) is 9.35. The van der Waals surface area contributed by atoms with E-state index >= 15 is 0 Å². The van der Waals surface area contributed by atoms with Crippen LogP contribution in [0.1, 0.15) is 0 Å². The summed E-state index contributed by atoms with van der Waals surface area (Å²) in [5, 5.41) is 0. The molecule has 0 atom stereocenters. The molecule has 0 spiro atoms. The molecule has 0 rings (SSSR count). The number of hydrogen-bond acceptors (Lipinski definition) is 6. The molecule has 0 aliphatic carbocycles. The molecule has 8 heteroatoms. The molecule has 0 aromatic carbocycles. The van der Waals surface area contributed by atoms with Crippen molar-refractivity contribution in [1.82, 2.24) is 0 Å². The molecule has 0 aliphatic heterocycles. The lowest BCUT2D eigenvalue weighted by atomic mass is 10.5. The lowest BCUT2D eigenvalue weighted by molar-refractivity contribution is -0.250. The molecule has 0 saturated carbocycles. The number of primary amides is 2. The van der Waals surface area contributed by atoms with Crippen molar-refractivity contribution < 1.29 is 29.0 Å². The third-order valence-electron chi connectivity index (χ3n) is 0.973. The van der Waals surface area contributed by atoms with E-state index in [-0.39, 0.29) is 0 Å². The van der Waals surface area contributed by atoms with Gasteiger partial charge < -0.3 is 11.5 Å². The summed E-state index contributed by atoms with van der Waals surface area (Å²) < 4.78 is 0. The number of carbonyl (C=O) groups is 4. The van der Waals surface area contributed by atoms with Crippen molar-refractivity contribution >= 4 is 23.8 Å². The van der Waals surface area contributed by atoms with Crippen LogP contribution in [0, 0.1) is 0 Å². The number of hydrogen-bond donors (Lipinski definition) is 2. The van der Waals surface area contributed by atoms with Crippen LogP contribution in [0.3, 0.4) is 0 Å². The molecule has 0 radical (unpaired) electrons. The van der Waals surface area contributed by atoms with Crippen molar-refractivity contribution in [3.05, 3.63) is 24.3 Å². The first kappa shape index (κ1) is 13.4. The molecule has 2 amide bonds. The second kappa shape index (κ2) is 6.76. The third-order valence-corrected chi connectivity index (χ3v) is 0.973. The smallest absolute Gasteiger partial charge is 0.366 e. The van der Waals surface area contributed by atoms with Gasteiger partial charge >= 0.3 is 11.9 Å². The Morgan fingerprint density at radius 1 is 0.688 bits per heavy atom. The predicted octanol–water partition coefficient (Wildman–Crippen LogP) is -1.93. The zero-order valence-electron chi connectivity index (χ0n) is 7.91. The minimum atomic E-state index is -1.11. The van der Waals surface area contributed by atoms with Crippen LogP contribution in [0.5, 0.6) is 0 Å². The van der Waals surface area contributed by atoms with E-state index in [1.165, 1.54) is 0 Å². The Morgan fingerprint density at radius 2 is 1.00 bits per heavy atom. The van der Waals surface area contributed by atoms with Gasteiger partial charge in [-0.1, -0.05) is 0 Å². The maximum absolute atomic E-state index is 10.7. The van der Waals surface area contributed by atoms with E-state index in [0.717, 1.165) is 12.2 Å². The van der Waals surface area contributed by atoms with Gasteiger partial charge in [0.1, 0.15) is 0 Å². The maximum atomic E-state index is 10.7. The van der Waals surface area contributed by atoms with Crippen molar-refractivity contribution in [3.63, 3.8) is 0 Å². The third kappa shape index (κ3) is 7.98. The summed E-state index contributed by atoms with van der Waals surface area (Å²) in [6.45, 7) is 0. The zero-order valence-corrected chi connectivity index (χ0v) is 7.91. The number of nitrogens with two attached hydrogens (primary N) is 2. The SMILES string of the molecule is NC(=O)/C=C\C(=O)OOC(=O)/C=C\C(N)=O. The standard InChI is InChI=1S/C8H8N2O6/c9-5(11)1-3-7(13)15-16-8(14)4-2-6(10)12/h1-4H,(H2,9,11)(H2,10,12)/b3-1-,4-2-. The quantitative estimate of drug-likeness (QED) is 0.326. The first-order valence-electron chi connectivity index (χ1n) is 3.79. The Morgan fingerprint density at radius 3 is 1.25 bits per heavy atom. The normalized spacial score (nSPS) is 10.2. The van der Waals surface area contributed by atoms with Gasteiger partial charge in [-0.15, -0.1) is 0 Å².